The third kappa shape index (κ3) is 3.30. The smallest absolute Gasteiger partial charge is 0.417 e. The average Bonchev–Trinajstić information content (AvgIpc) is 2.09. The summed E-state index contributed by atoms with van der Waals surface area (Å²) in [4.78, 5) is 12.8. The predicted molar refractivity (Wildman–Crippen MR) is 44.1 cm³/mol. The quantitative estimate of drug-likeness (QED) is 0.320. The van der Waals surface area contributed by atoms with Crippen LogP contribution in [0.25, 0.3) is 10.4 Å². The van der Waals surface area contributed by atoms with Crippen LogP contribution in [0, 0.1) is 0 Å². The summed E-state index contributed by atoms with van der Waals surface area (Å²) in [5.41, 5.74) is 4.83. The van der Waals surface area contributed by atoms with E-state index in [0.29, 0.717) is 6.92 Å². The molecule has 0 aliphatic rings. The highest BCUT2D eigenvalue weighted by Gasteiger charge is 2.56. The Bertz CT molecular complexity index is 287. The van der Waals surface area contributed by atoms with Crippen LogP contribution in [0.5, 0.6) is 0 Å². The second-order valence-corrected chi connectivity index (χ2v) is 2.81. The molecule has 0 aromatic carbocycles. The van der Waals surface area contributed by atoms with Gasteiger partial charge in [-0.3, -0.25) is 5.32 Å². The fourth-order valence-corrected chi connectivity index (χ4v) is 0.698. The van der Waals surface area contributed by atoms with Crippen molar-refractivity contribution < 1.29 is 23.1 Å². The number of azide groups is 1. The SMILES string of the molecule is CC(NCCN=[N+]=[N-])(C(=O)O)C(F)(F)F. The molecule has 0 saturated heterocycles. The van der Waals surface area contributed by atoms with Crippen LogP contribution in [0.3, 0.4) is 0 Å². The fraction of sp³-hybridized carbons (Fsp3) is 0.833. The van der Waals surface area contributed by atoms with Crippen LogP contribution < -0.4 is 5.32 Å². The summed E-state index contributed by atoms with van der Waals surface area (Å²) in [7, 11) is 0. The lowest BCUT2D eigenvalue weighted by atomic mass is 10.0. The Morgan fingerprint density at radius 2 is 2.13 bits per heavy atom. The fourth-order valence-electron chi connectivity index (χ4n) is 0.698. The highest BCUT2D eigenvalue weighted by atomic mass is 19.4. The van der Waals surface area contributed by atoms with Gasteiger partial charge in [0, 0.05) is 18.0 Å². The van der Waals surface area contributed by atoms with E-state index >= 15 is 0 Å². The van der Waals surface area contributed by atoms with Gasteiger partial charge in [-0.05, 0) is 12.5 Å². The zero-order valence-corrected chi connectivity index (χ0v) is 7.75. The maximum atomic E-state index is 12.3. The van der Waals surface area contributed by atoms with Crippen molar-refractivity contribution in [3.8, 4) is 0 Å². The van der Waals surface area contributed by atoms with Crippen LogP contribution in [0.15, 0.2) is 5.11 Å². The Balaban J connectivity index is 4.54. The molecular weight excluding hydrogens is 217 g/mol. The minimum atomic E-state index is -4.92. The monoisotopic (exact) mass is 226 g/mol. The second-order valence-electron chi connectivity index (χ2n) is 2.81. The number of nitrogens with zero attached hydrogens (tertiary/aromatic N) is 3. The molecule has 0 heterocycles. The number of halogens is 3. The summed E-state index contributed by atoms with van der Waals surface area (Å²) in [5.74, 6) is -2.03. The number of aliphatic carboxylic acids is 1. The molecule has 1 unspecified atom stereocenters. The van der Waals surface area contributed by atoms with E-state index in [1.165, 1.54) is 0 Å². The molecule has 0 aromatic heterocycles. The summed E-state index contributed by atoms with van der Waals surface area (Å²) in [6.07, 6.45) is -4.92. The van der Waals surface area contributed by atoms with E-state index in [2.05, 4.69) is 10.0 Å². The Morgan fingerprint density at radius 1 is 1.60 bits per heavy atom. The van der Waals surface area contributed by atoms with E-state index in [-0.39, 0.29) is 13.1 Å². The van der Waals surface area contributed by atoms with Gasteiger partial charge < -0.3 is 5.11 Å². The zero-order valence-electron chi connectivity index (χ0n) is 7.75. The third-order valence-electron chi connectivity index (χ3n) is 1.75. The number of nitrogens with one attached hydrogen (secondary N) is 1. The number of alkyl halides is 3. The summed E-state index contributed by atoms with van der Waals surface area (Å²) in [6.45, 7) is -0.118. The lowest BCUT2D eigenvalue weighted by Gasteiger charge is -2.28. The molecule has 0 aliphatic carbocycles. The first-order valence-corrected chi connectivity index (χ1v) is 3.81. The lowest BCUT2D eigenvalue weighted by Crippen LogP contribution is -2.60. The molecule has 2 N–H and O–H groups in total. The minimum Gasteiger partial charge on any atom is -0.480 e. The molecule has 0 radical (unpaired) electrons. The number of hydrogen-bond acceptors (Lipinski definition) is 3. The summed E-state index contributed by atoms with van der Waals surface area (Å²) < 4.78 is 37.0. The summed E-state index contributed by atoms with van der Waals surface area (Å²) >= 11 is 0. The molecule has 0 aromatic rings. The summed E-state index contributed by atoms with van der Waals surface area (Å²) in [5, 5.41) is 13.2. The van der Waals surface area contributed by atoms with Crippen LogP contribution in [-0.4, -0.2) is 35.9 Å². The molecule has 86 valence electrons. The van der Waals surface area contributed by atoms with E-state index in [4.69, 9.17) is 10.6 Å². The van der Waals surface area contributed by atoms with Crippen LogP contribution in [0.2, 0.25) is 0 Å². The minimum absolute atomic E-state index is 0.255. The zero-order chi connectivity index (χ0) is 12.1. The average molecular weight is 226 g/mol. The van der Waals surface area contributed by atoms with Gasteiger partial charge >= 0.3 is 12.1 Å². The molecule has 15 heavy (non-hydrogen) atoms. The van der Waals surface area contributed by atoms with Crippen molar-refractivity contribution in [3.05, 3.63) is 10.4 Å². The van der Waals surface area contributed by atoms with Gasteiger partial charge in [-0.1, -0.05) is 5.11 Å². The first kappa shape index (κ1) is 13.5. The number of carboxylic acids is 1. The van der Waals surface area contributed by atoms with E-state index in [1.807, 2.05) is 0 Å². The van der Waals surface area contributed by atoms with Crippen molar-refractivity contribution >= 4 is 5.97 Å². The van der Waals surface area contributed by atoms with Gasteiger partial charge in [0.1, 0.15) is 0 Å². The molecule has 1 atom stereocenters. The van der Waals surface area contributed by atoms with Crippen molar-refractivity contribution in [1.82, 2.24) is 5.32 Å². The number of carbonyl (C=O) groups is 1. The predicted octanol–water partition coefficient (Wildman–Crippen LogP) is 1.29. The Kier molecular flexibility index (Phi) is 4.38. The molecule has 0 aliphatic heterocycles. The van der Waals surface area contributed by atoms with Gasteiger partial charge in [0.05, 0.1) is 0 Å². The normalized spacial score (nSPS) is 15.2. The molecule has 0 bridgehead atoms. The third-order valence-corrected chi connectivity index (χ3v) is 1.75. The topological polar surface area (TPSA) is 98.1 Å². The first-order chi connectivity index (χ1) is 6.75. The lowest BCUT2D eigenvalue weighted by molar-refractivity contribution is -0.205. The van der Waals surface area contributed by atoms with E-state index in [0.717, 1.165) is 0 Å². The van der Waals surface area contributed by atoms with Crippen LogP contribution in [-0.2, 0) is 4.79 Å². The molecule has 0 saturated carbocycles. The van der Waals surface area contributed by atoms with Crippen molar-refractivity contribution in [2.75, 3.05) is 13.1 Å². The van der Waals surface area contributed by atoms with Crippen molar-refractivity contribution in [3.63, 3.8) is 0 Å². The Hall–Kier alpha value is -1.47. The van der Waals surface area contributed by atoms with Gasteiger partial charge in [0.25, 0.3) is 0 Å². The Labute approximate surface area is 82.7 Å². The number of rotatable bonds is 5. The number of carboxylic acid groups (broad SMARTS) is 1. The van der Waals surface area contributed by atoms with Crippen LogP contribution >= 0.6 is 0 Å². The highest BCUT2D eigenvalue weighted by molar-refractivity contribution is 5.79. The standard InChI is InChI=1S/C6H9F3N4O2/c1-5(4(14)15,6(7,8)9)11-2-3-12-13-10/h11H,2-3H2,1H3,(H,14,15). The van der Waals surface area contributed by atoms with Gasteiger partial charge in [-0.2, -0.15) is 13.2 Å². The maximum absolute atomic E-state index is 12.3. The summed E-state index contributed by atoms with van der Waals surface area (Å²) in [6, 6.07) is 0. The van der Waals surface area contributed by atoms with Crippen molar-refractivity contribution in [1.29, 1.82) is 0 Å². The number of hydrogen-bond donors (Lipinski definition) is 2. The van der Waals surface area contributed by atoms with Crippen molar-refractivity contribution in [2.24, 2.45) is 5.11 Å². The maximum Gasteiger partial charge on any atom is 0.417 e. The van der Waals surface area contributed by atoms with E-state index in [1.54, 1.807) is 5.32 Å². The van der Waals surface area contributed by atoms with Crippen LogP contribution in [0.4, 0.5) is 13.2 Å². The van der Waals surface area contributed by atoms with Gasteiger partial charge in [0.15, 0.2) is 0 Å². The van der Waals surface area contributed by atoms with Gasteiger partial charge in [0.2, 0.25) is 5.54 Å². The molecule has 0 amide bonds. The molecule has 6 nitrogen and oxygen atoms in total. The van der Waals surface area contributed by atoms with E-state index in [9.17, 15) is 18.0 Å². The molecule has 0 fully saturated rings. The Morgan fingerprint density at radius 3 is 2.47 bits per heavy atom. The van der Waals surface area contributed by atoms with Gasteiger partial charge in [-0.15, -0.1) is 0 Å². The second kappa shape index (κ2) is 4.85. The molecule has 0 rings (SSSR count). The van der Waals surface area contributed by atoms with Crippen molar-refractivity contribution in [2.45, 2.75) is 18.6 Å². The largest absolute Gasteiger partial charge is 0.480 e. The molecule has 9 heteroatoms. The first-order valence-electron chi connectivity index (χ1n) is 3.81. The van der Waals surface area contributed by atoms with Crippen LogP contribution in [0.1, 0.15) is 6.92 Å². The van der Waals surface area contributed by atoms with Gasteiger partial charge in [-0.25, -0.2) is 4.79 Å². The van der Waals surface area contributed by atoms with E-state index < -0.39 is 17.7 Å². The molecular formula is C6H9F3N4O2. The molecule has 0 spiro atoms. The highest BCUT2D eigenvalue weighted by Crippen LogP contribution is 2.30.